The average Bonchev–Trinajstić information content (AvgIpc) is 2.49. The molecule has 0 aromatic heterocycles. The van der Waals surface area contributed by atoms with Crippen LogP contribution in [-0.2, 0) is 20.0 Å². The van der Waals surface area contributed by atoms with E-state index in [-0.39, 0.29) is 30.5 Å². The molecule has 1 heterocycles. The van der Waals surface area contributed by atoms with E-state index < -0.39 is 20.5 Å². The Kier molecular flexibility index (Phi) is 4.66. The average molecular weight is 337 g/mol. The molecule has 6 heteroatoms. The Bertz CT molecular complexity index is 735. The maximum atomic E-state index is 12.7. The van der Waals surface area contributed by atoms with E-state index in [2.05, 4.69) is 0 Å². The van der Waals surface area contributed by atoms with Crippen LogP contribution in [0.5, 0.6) is 0 Å². The predicted molar refractivity (Wildman–Crippen MR) is 89.1 cm³/mol. The number of imide groups is 1. The third-order valence-electron chi connectivity index (χ3n) is 4.38. The van der Waals surface area contributed by atoms with Crippen molar-refractivity contribution < 1.29 is 18.0 Å². The van der Waals surface area contributed by atoms with Gasteiger partial charge in [-0.25, -0.2) is 8.42 Å². The van der Waals surface area contributed by atoms with Gasteiger partial charge in [-0.2, -0.15) is 0 Å². The number of carbonyl (C=O) groups is 2. The molecule has 0 saturated heterocycles. The maximum Gasteiger partial charge on any atom is 0.260 e. The molecule has 0 saturated carbocycles. The van der Waals surface area contributed by atoms with E-state index in [9.17, 15) is 18.0 Å². The summed E-state index contributed by atoms with van der Waals surface area (Å²) in [6.45, 7) is 6.97. The van der Waals surface area contributed by atoms with Gasteiger partial charge in [0.15, 0.2) is 9.84 Å². The van der Waals surface area contributed by atoms with Gasteiger partial charge in [0.05, 0.1) is 16.4 Å². The van der Waals surface area contributed by atoms with Gasteiger partial charge in [-0.05, 0) is 45.7 Å². The van der Waals surface area contributed by atoms with E-state index in [1.807, 2.05) is 6.07 Å². The smallest absolute Gasteiger partial charge is 0.260 e. The van der Waals surface area contributed by atoms with Crippen molar-refractivity contribution in [3.63, 3.8) is 0 Å². The SMILES string of the molecule is CC(C)S(=O)(=O)CCCN1C(=O)c2ccccc2C(C)(C)C1=O. The zero-order valence-electron chi connectivity index (χ0n) is 14.0. The van der Waals surface area contributed by atoms with Crippen molar-refractivity contribution in [3.05, 3.63) is 35.4 Å². The molecule has 23 heavy (non-hydrogen) atoms. The minimum Gasteiger partial charge on any atom is -0.278 e. The molecule has 1 aliphatic rings. The zero-order valence-corrected chi connectivity index (χ0v) is 14.8. The molecule has 0 N–H and O–H groups in total. The fourth-order valence-corrected chi connectivity index (χ4v) is 3.77. The second kappa shape index (κ2) is 6.07. The summed E-state index contributed by atoms with van der Waals surface area (Å²) in [5.41, 5.74) is 0.450. The monoisotopic (exact) mass is 337 g/mol. The molecule has 126 valence electrons. The van der Waals surface area contributed by atoms with Crippen LogP contribution in [0.4, 0.5) is 0 Å². The van der Waals surface area contributed by atoms with Gasteiger partial charge < -0.3 is 0 Å². The molecule has 0 radical (unpaired) electrons. The number of amides is 2. The van der Waals surface area contributed by atoms with Gasteiger partial charge in [-0.15, -0.1) is 0 Å². The first-order chi connectivity index (χ1) is 10.6. The largest absolute Gasteiger partial charge is 0.278 e. The first kappa shape index (κ1) is 17.7. The minimum absolute atomic E-state index is 0.0240. The fourth-order valence-electron chi connectivity index (χ4n) is 2.77. The van der Waals surface area contributed by atoms with E-state index in [4.69, 9.17) is 0 Å². The van der Waals surface area contributed by atoms with Crippen molar-refractivity contribution in [2.45, 2.75) is 44.8 Å². The van der Waals surface area contributed by atoms with Crippen LogP contribution in [-0.4, -0.2) is 42.7 Å². The summed E-state index contributed by atoms with van der Waals surface area (Å²) in [6.07, 6.45) is 0.260. The Morgan fingerprint density at radius 3 is 2.35 bits per heavy atom. The van der Waals surface area contributed by atoms with Crippen molar-refractivity contribution in [1.82, 2.24) is 4.90 Å². The van der Waals surface area contributed by atoms with Crippen molar-refractivity contribution >= 4 is 21.7 Å². The van der Waals surface area contributed by atoms with Crippen molar-refractivity contribution in [2.75, 3.05) is 12.3 Å². The summed E-state index contributed by atoms with van der Waals surface area (Å²) in [5, 5.41) is -0.451. The third kappa shape index (κ3) is 3.17. The number of sulfone groups is 1. The molecule has 0 spiro atoms. The normalized spacial score (nSPS) is 17.5. The second-order valence-corrected chi connectivity index (χ2v) is 9.38. The van der Waals surface area contributed by atoms with Crippen molar-refractivity contribution in [3.8, 4) is 0 Å². The summed E-state index contributed by atoms with van der Waals surface area (Å²) in [4.78, 5) is 26.4. The highest BCUT2D eigenvalue weighted by Gasteiger charge is 2.43. The number of rotatable bonds is 5. The van der Waals surface area contributed by atoms with Crippen LogP contribution in [0.3, 0.4) is 0 Å². The lowest BCUT2D eigenvalue weighted by Crippen LogP contribution is -2.52. The van der Waals surface area contributed by atoms with Crippen LogP contribution in [0, 0.1) is 0 Å². The molecule has 1 aliphatic heterocycles. The molecule has 1 aromatic carbocycles. The second-order valence-electron chi connectivity index (χ2n) is 6.70. The van der Waals surface area contributed by atoms with Crippen LogP contribution in [0.25, 0.3) is 0 Å². The standard InChI is InChI=1S/C17H23NO4S/c1-12(2)23(21,22)11-7-10-18-15(19)13-8-5-6-9-14(13)17(3,4)16(18)20/h5-6,8-9,12H,7,10-11H2,1-4H3. The van der Waals surface area contributed by atoms with Gasteiger partial charge in [0, 0.05) is 12.1 Å². The molecule has 0 aliphatic carbocycles. The molecular formula is C17H23NO4S. The molecule has 5 nitrogen and oxygen atoms in total. The highest BCUT2D eigenvalue weighted by molar-refractivity contribution is 7.91. The lowest BCUT2D eigenvalue weighted by atomic mass is 9.77. The first-order valence-electron chi connectivity index (χ1n) is 7.76. The molecule has 1 aromatic rings. The topological polar surface area (TPSA) is 71.5 Å². The number of nitrogens with zero attached hydrogens (tertiary/aromatic N) is 1. The molecule has 0 bridgehead atoms. The molecule has 2 amide bonds. The Hall–Kier alpha value is -1.69. The summed E-state index contributed by atoms with van der Waals surface area (Å²) in [7, 11) is -3.17. The zero-order chi connectivity index (χ0) is 17.4. The number of hydrogen-bond acceptors (Lipinski definition) is 4. The summed E-state index contributed by atoms with van der Waals surface area (Å²) in [6, 6.07) is 7.09. The van der Waals surface area contributed by atoms with E-state index in [1.54, 1.807) is 45.9 Å². The van der Waals surface area contributed by atoms with E-state index >= 15 is 0 Å². The first-order valence-corrected chi connectivity index (χ1v) is 9.48. The van der Waals surface area contributed by atoms with Gasteiger partial charge in [-0.3, -0.25) is 14.5 Å². The summed E-state index contributed by atoms with van der Waals surface area (Å²) < 4.78 is 23.7. The highest BCUT2D eigenvalue weighted by Crippen LogP contribution is 2.34. The molecule has 2 rings (SSSR count). The Labute approximate surface area is 137 Å². The lowest BCUT2D eigenvalue weighted by molar-refractivity contribution is -0.134. The van der Waals surface area contributed by atoms with Crippen LogP contribution >= 0.6 is 0 Å². The van der Waals surface area contributed by atoms with Crippen LogP contribution in [0.1, 0.15) is 50.0 Å². The van der Waals surface area contributed by atoms with E-state index in [0.29, 0.717) is 5.56 Å². The van der Waals surface area contributed by atoms with Gasteiger partial charge in [0.1, 0.15) is 0 Å². The molecule has 0 atom stereocenters. The van der Waals surface area contributed by atoms with E-state index in [0.717, 1.165) is 5.56 Å². The van der Waals surface area contributed by atoms with Crippen LogP contribution in [0.2, 0.25) is 0 Å². The Morgan fingerprint density at radius 2 is 1.74 bits per heavy atom. The number of benzene rings is 1. The Morgan fingerprint density at radius 1 is 1.13 bits per heavy atom. The molecular weight excluding hydrogens is 314 g/mol. The number of fused-ring (bicyclic) bond motifs is 1. The fraction of sp³-hybridized carbons (Fsp3) is 0.529. The minimum atomic E-state index is -3.17. The van der Waals surface area contributed by atoms with Gasteiger partial charge >= 0.3 is 0 Å². The van der Waals surface area contributed by atoms with Gasteiger partial charge in [0.2, 0.25) is 5.91 Å². The van der Waals surface area contributed by atoms with E-state index in [1.165, 1.54) is 4.90 Å². The summed E-state index contributed by atoms with van der Waals surface area (Å²) >= 11 is 0. The van der Waals surface area contributed by atoms with Crippen molar-refractivity contribution in [1.29, 1.82) is 0 Å². The number of carbonyl (C=O) groups excluding carboxylic acids is 2. The molecule has 0 fully saturated rings. The maximum absolute atomic E-state index is 12.7. The van der Waals surface area contributed by atoms with Crippen LogP contribution in [0.15, 0.2) is 24.3 Å². The quantitative estimate of drug-likeness (QED) is 0.772. The predicted octanol–water partition coefficient (Wildman–Crippen LogP) is 2.16. The van der Waals surface area contributed by atoms with Crippen molar-refractivity contribution in [2.24, 2.45) is 0 Å². The Balaban J connectivity index is 2.22. The van der Waals surface area contributed by atoms with Gasteiger partial charge in [0.25, 0.3) is 5.91 Å². The lowest BCUT2D eigenvalue weighted by Gasteiger charge is -2.37. The summed E-state index contributed by atoms with van der Waals surface area (Å²) in [5.74, 6) is -0.640. The van der Waals surface area contributed by atoms with Crippen LogP contribution < -0.4 is 0 Å². The molecule has 0 unspecified atom stereocenters. The number of hydrogen-bond donors (Lipinski definition) is 0. The third-order valence-corrected chi connectivity index (χ3v) is 6.68. The highest BCUT2D eigenvalue weighted by atomic mass is 32.2. The van der Waals surface area contributed by atoms with Gasteiger partial charge in [-0.1, -0.05) is 18.2 Å².